The Hall–Kier alpha value is -5.29. The monoisotopic (exact) mass is 872 g/mol. The van der Waals surface area contributed by atoms with E-state index in [1.54, 1.807) is 38.1 Å². The maximum Gasteiger partial charge on any atom is 0.243 e. The van der Waals surface area contributed by atoms with Crippen molar-refractivity contribution in [1.29, 1.82) is 0 Å². The second kappa shape index (κ2) is 20.5. The number of aliphatic hydroxyl groups is 3. The van der Waals surface area contributed by atoms with Crippen LogP contribution in [0.15, 0.2) is 29.3 Å². The fraction of sp³-hybridized carbons (Fsp3) is 0.590. The van der Waals surface area contributed by atoms with Crippen molar-refractivity contribution in [2.75, 3.05) is 25.4 Å². The van der Waals surface area contributed by atoms with Gasteiger partial charge in [0.25, 0.3) is 0 Å². The highest BCUT2D eigenvalue weighted by Crippen LogP contribution is 2.32. The van der Waals surface area contributed by atoms with E-state index >= 15 is 0 Å². The van der Waals surface area contributed by atoms with Crippen molar-refractivity contribution in [2.24, 2.45) is 17.6 Å². The minimum atomic E-state index is -1.78. The van der Waals surface area contributed by atoms with Gasteiger partial charge in [-0.2, -0.15) is 0 Å². The number of H-pyrrole nitrogens is 1. The Morgan fingerprint density at radius 1 is 0.885 bits per heavy atom. The Kier molecular flexibility index (Phi) is 15.7. The van der Waals surface area contributed by atoms with Gasteiger partial charge in [-0.3, -0.25) is 43.7 Å². The highest BCUT2D eigenvalue weighted by molar-refractivity contribution is 7.99. The van der Waals surface area contributed by atoms with E-state index in [9.17, 15) is 53.7 Å². The lowest BCUT2D eigenvalue weighted by molar-refractivity contribution is -0.143. The van der Waals surface area contributed by atoms with E-state index in [0.717, 1.165) is 16.7 Å². The van der Waals surface area contributed by atoms with Gasteiger partial charge in [0.1, 0.15) is 30.4 Å². The molecule has 3 aliphatic heterocycles. The number of benzene rings is 1. The molecule has 9 unspecified atom stereocenters. The summed E-state index contributed by atoms with van der Waals surface area (Å²) in [5.41, 5.74) is 6.69. The van der Waals surface area contributed by atoms with Crippen LogP contribution in [0.2, 0.25) is 0 Å². The van der Waals surface area contributed by atoms with Crippen LogP contribution < -0.4 is 43.0 Å². The van der Waals surface area contributed by atoms with Crippen LogP contribution in [0.5, 0.6) is 0 Å². The number of thioether (sulfide) groups is 1. The number of hydrogen-bond acceptors (Lipinski definition) is 13. The maximum atomic E-state index is 14.4. The zero-order valence-corrected chi connectivity index (χ0v) is 35.2. The standard InChI is InChI=1S/C39H56N10O11S/c1-5-17(2)31-36(58)42-13-29(53)43-26-16-61-38-22(21-8-6-7-9-23(21)46-38)11-24(33(55)41-14-30(54)47-31)44-37(59)32(18(3)19(4)50)48-35(57)27-10-20(51)15-49(27)39(60)25(12-28(40)52)45-34(26)56/h6-9,17-20,24-27,31-32,34,45-46,50-51,56H,5,10-16H2,1-4H3,(H2,40,52)(H,41,55)(H,42,58)(H,43,53)(H,44,59)(H,47,54)(H,48,57)/t17?,18-,19?,20?,24?,25-,26?,27?,31?,32?,34?/m0/s1. The van der Waals surface area contributed by atoms with E-state index in [1.165, 1.54) is 13.8 Å². The maximum absolute atomic E-state index is 14.4. The first-order chi connectivity index (χ1) is 28.9. The zero-order valence-electron chi connectivity index (χ0n) is 34.4. The number of nitrogens with two attached hydrogens (primary N) is 1. The van der Waals surface area contributed by atoms with Gasteiger partial charge in [-0.15, -0.1) is 11.8 Å². The molecule has 2 bridgehead atoms. The Morgan fingerprint density at radius 3 is 2.23 bits per heavy atom. The van der Waals surface area contributed by atoms with E-state index in [0.29, 0.717) is 27.9 Å². The minimum Gasteiger partial charge on any atom is -0.393 e. The van der Waals surface area contributed by atoms with Crippen molar-refractivity contribution < 1.29 is 53.7 Å². The summed E-state index contributed by atoms with van der Waals surface area (Å²) in [5, 5.41) is 52.6. The molecule has 0 saturated carbocycles. The van der Waals surface area contributed by atoms with Crippen LogP contribution >= 0.6 is 11.8 Å². The van der Waals surface area contributed by atoms with Crippen LogP contribution in [0.3, 0.4) is 0 Å². The molecule has 8 amide bonds. The lowest BCUT2D eigenvalue weighted by Crippen LogP contribution is -2.62. The number of nitrogens with one attached hydrogen (secondary N) is 8. The number of aromatic amines is 1. The van der Waals surface area contributed by atoms with Crippen molar-refractivity contribution in [3.63, 3.8) is 0 Å². The van der Waals surface area contributed by atoms with Crippen molar-refractivity contribution in [1.82, 2.24) is 47.1 Å². The average Bonchev–Trinajstić information content (AvgIpc) is 3.78. The van der Waals surface area contributed by atoms with Gasteiger partial charge < -0.3 is 62.8 Å². The highest BCUT2D eigenvalue weighted by Gasteiger charge is 2.44. The molecule has 0 spiro atoms. The van der Waals surface area contributed by atoms with Crippen molar-refractivity contribution in [3.8, 4) is 0 Å². The van der Waals surface area contributed by atoms with Crippen LogP contribution in [0.1, 0.15) is 52.5 Å². The lowest BCUT2D eigenvalue weighted by atomic mass is 9.94. The van der Waals surface area contributed by atoms with E-state index in [1.807, 2.05) is 0 Å². The fourth-order valence-electron chi connectivity index (χ4n) is 7.52. The van der Waals surface area contributed by atoms with Gasteiger partial charge in [-0.05, 0) is 24.5 Å². The molecule has 1 aromatic carbocycles. The second-order valence-corrected chi connectivity index (χ2v) is 16.9. The van der Waals surface area contributed by atoms with Gasteiger partial charge in [0, 0.05) is 42.0 Å². The molecule has 0 radical (unpaired) electrons. The molecule has 0 aliphatic carbocycles. The largest absolute Gasteiger partial charge is 0.393 e. The summed E-state index contributed by atoms with van der Waals surface area (Å²) in [4.78, 5) is 114. The van der Waals surface area contributed by atoms with Crippen molar-refractivity contribution >= 4 is 69.9 Å². The number of aromatic nitrogens is 1. The molecule has 1 aromatic heterocycles. The predicted octanol–water partition coefficient (Wildman–Crippen LogP) is -3.82. The molecule has 61 heavy (non-hydrogen) atoms. The smallest absolute Gasteiger partial charge is 0.243 e. The molecule has 21 nitrogen and oxygen atoms in total. The molecule has 11 atom stereocenters. The summed E-state index contributed by atoms with van der Waals surface area (Å²) >= 11 is 1.11. The topological polar surface area (TPSA) is 327 Å². The second-order valence-electron chi connectivity index (χ2n) is 15.9. The molecular formula is C39H56N10O11S. The first kappa shape index (κ1) is 46.8. The van der Waals surface area contributed by atoms with E-state index < -0.39 is 133 Å². The SMILES string of the molecule is CCC(C)C1NC(=O)CNC(=O)C2Cc3c([nH]c4ccccc34)SCC(NC(=O)CNC1=O)C(O)N[C@@H](CC(N)=O)C(=O)N1CC(O)CC1C(=O)NC([C@@H](C)C(C)O)C(=O)N2. The van der Waals surface area contributed by atoms with E-state index in [4.69, 9.17) is 5.73 Å². The number of amides is 8. The molecule has 1 fully saturated rings. The number of primary amides is 1. The summed E-state index contributed by atoms with van der Waals surface area (Å²) in [6, 6.07) is -1.23. The van der Waals surface area contributed by atoms with Gasteiger partial charge in [-0.25, -0.2) is 0 Å². The van der Waals surface area contributed by atoms with Gasteiger partial charge in [0.15, 0.2) is 0 Å². The number of carbonyl (C=O) groups is 8. The minimum absolute atomic E-state index is 0.124. The van der Waals surface area contributed by atoms with Crippen LogP contribution in [-0.2, 0) is 44.8 Å². The molecule has 5 rings (SSSR count). The first-order valence-electron chi connectivity index (χ1n) is 20.2. The van der Waals surface area contributed by atoms with Crippen LogP contribution in [0.4, 0.5) is 0 Å². The number of aliphatic hydroxyl groups excluding tert-OH is 3. The number of carbonyl (C=O) groups excluding carboxylic acids is 8. The fourth-order valence-corrected chi connectivity index (χ4v) is 8.69. The summed E-state index contributed by atoms with van der Waals surface area (Å²) < 4.78 is 0. The Labute approximate surface area is 355 Å². The van der Waals surface area contributed by atoms with Gasteiger partial charge in [0.2, 0.25) is 47.3 Å². The first-order valence-corrected chi connectivity index (χ1v) is 21.2. The summed E-state index contributed by atoms with van der Waals surface area (Å²) in [6.07, 6.45) is -4.89. The number of para-hydroxylation sites is 1. The third-order valence-electron chi connectivity index (χ3n) is 11.4. The Morgan fingerprint density at radius 2 is 1.56 bits per heavy atom. The molecule has 334 valence electrons. The lowest BCUT2D eigenvalue weighted by Gasteiger charge is -2.33. The molecule has 13 N–H and O–H groups in total. The Balaban J connectivity index is 1.68. The zero-order chi connectivity index (χ0) is 44.7. The van der Waals surface area contributed by atoms with Crippen LogP contribution in [0, 0.1) is 11.8 Å². The summed E-state index contributed by atoms with van der Waals surface area (Å²) in [6.45, 7) is 4.82. The van der Waals surface area contributed by atoms with Crippen LogP contribution in [-0.4, -0.2) is 153 Å². The van der Waals surface area contributed by atoms with Crippen molar-refractivity contribution in [3.05, 3.63) is 29.8 Å². The summed E-state index contributed by atoms with van der Waals surface area (Å²) in [5.74, 6) is -8.20. The van der Waals surface area contributed by atoms with Gasteiger partial charge in [0.05, 0.1) is 48.8 Å². The van der Waals surface area contributed by atoms with Crippen molar-refractivity contribution in [2.45, 2.75) is 113 Å². The van der Waals surface area contributed by atoms with Crippen LogP contribution in [0.25, 0.3) is 10.9 Å². The molecule has 2 aromatic rings. The number of hydrogen-bond donors (Lipinski definition) is 12. The third kappa shape index (κ3) is 11.6. The number of rotatable bonds is 6. The normalized spacial score (nSPS) is 29.4. The number of nitrogens with zero attached hydrogens (tertiary/aromatic N) is 1. The van der Waals surface area contributed by atoms with E-state index in [2.05, 4.69) is 42.2 Å². The Bertz CT molecular complexity index is 2000. The third-order valence-corrected chi connectivity index (χ3v) is 12.6. The predicted molar refractivity (Wildman–Crippen MR) is 220 cm³/mol. The molecule has 1 saturated heterocycles. The highest BCUT2D eigenvalue weighted by atomic mass is 32.2. The van der Waals surface area contributed by atoms with Gasteiger partial charge >= 0.3 is 0 Å². The quantitative estimate of drug-likeness (QED) is 0.133. The molecule has 4 heterocycles. The molecular weight excluding hydrogens is 817 g/mol. The average molecular weight is 873 g/mol. The molecule has 3 aliphatic rings. The van der Waals surface area contributed by atoms with E-state index in [-0.39, 0.29) is 25.1 Å². The van der Waals surface area contributed by atoms with Gasteiger partial charge in [-0.1, -0.05) is 45.4 Å². The summed E-state index contributed by atoms with van der Waals surface area (Å²) in [7, 11) is 0. The number of fused-ring (bicyclic) bond motifs is 5. The molecule has 22 heteroatoms.